The minimum absolute atomic E-state index is 0.0351. The Morgan fingerprint density at radius 3 is 2.31 bits per heavy atom. The Bertz CT molecular complexity index is 827. The molecule has 2 aromatic rings. The van der Waals surface area contributed by atoms with E-state index in [1.165, 1.54) is 6.92 Å². The van der Waals surface area contributed by atoms with Crippen LogP contribution in [0, 0.1) is 0 Å². The number of ether oxygens (including phenoxy) is 2. The number of para-hydroxylation sites is 2. The Balaban J connectivity index is 1.39. The number of hydrogen-bond acceptors (Lipinski definition) is 5. The number of methoxy groups -OCH3 is 1. The van der Waals surface area contributed by atoms with Gasteiger partial charge in [0.05, 0.1) is 19.4 Å². The summed E-state index contributed by atoms with van der Waals surface area (Å²) in [5, 5.41) is 0. The lowest BCUT2D eigenvalue weighted by Gasteiger charge is -2.36. The summed E-state index contributed by atoms with van der Waals surface area (Å²) in [5.74, 6) is 1.78. The van der Waals surface area contributed by atoms with Crippen molar-refractivity contribution in [3.05, 3.63) is 54.1 Å². The minimum Gasteiger partial charge on any atom is -0.495 e. The largest absolute Gasteiger partial charge is 0.495 e. The molecule has 6 nitrogen and oxygen atoms in total. The first-order valence-corrected chi connectivity index (χ1v) is 9.98. The highest BCUT2D eigenvalue weighted by atomic mass is 16.5. The molecule has 6 heteroatoms. The maximum absolute atomic E-state index is 12.5. The molecule has 1 heterocycles. The van der Waals surface area contributed by atoms with Gasteiger partial charge in [0.2, 0.25) is 5.91 Å². The molecule has 0 radical (unpaired) electrons. The number of Topliss-reactive ketones (excluding diaryl/α,β-unsaturated/α-hetero) is 1. The normalized spacial score (nSPS) is 13.9. The van der Waals surface area contributed by atoms with Crippen molar-refractivity contribution in [2.75, 3.05) is 44.8 Å². The number of benzene rings is 2. The summed E-state index contributed by atoms with van der Waals surface area (Å²) in [6.07, 6.45) is 1.14. The molecule has 0 aliphatic carbocycles. The van der Waals surface area contributed by atoms with E-state index < -0.39 is 0 Å². The van der Waals surface area contributed by atoms with Gasteiger partial charge in [-0.15, -0.1) is 0 Å². The number of carbonyl (C=O) groups excluding carboxylic acids is 2. The standard InChI is InChI=1S/C23H28N2O4/c1-18(26)19-9-11-20(12-10-19)29-17-5-8-23(27)25-15-13-24(14-16-25)21-6-3-4-7-22(21)28-2/h3-4,6-7,9-12H,5,8,13-17H2,1-2H3. The zero-order valence-corrected chi connectivity index (χ0v) is 17.1. The molecule has 29 heavy (non-hydrogen) atoms. The molecule has 1 aliphatic heterocycles. The van der Waals surface area contributed by atoms with Gasteiger partial charge < -0.3 is 19.3 Å². The number of anilines is 1. The van der Waals surface area contributed by atoms with E-state index in [1.807, 2.05) is 23.1 Å². The Kier molecular flexibility index (Phi) is 7.11. The third kappa shape index (κ3) is 5.50. The Morgan fingerprint density at radius 2 is 1.66 bits per heavy atom. The van der Waals surface area contributed by atoms with Crippen molar-refractivity contribution in [3.63, 3.8) is 0 Å². The van der Waals surface area contributed by atoms with Crippen LogP contribution in [0.15, 0.2) is 48.5 Å². The van der Waals surface area contributed by atoms with Gasteiger partial charge in [-0.25, -0.2) is 0 Å². The smallest absolute Gasteiger partial charge is 0.222 e. The topological polar surface area (TPSA) is 59.1 Å². The summed E-state index contributed by atoms with van der Waals surface area (Å²) in [5.41, 5.74) is 1.74. The van der Waals surface area contributed by atoms with E-state index in [9.17, 15) is 9.59 Å². The van der Waals surface area contributed by atoms with Gasteiger partial charge in [0, 0.05) is 38.2 Å². The van der Waals surface area contributed by atoms with Crippen LogP contribution in [0.2, 0.25) is 0 Å². The highest BCUT2D eigenvalue weighted by molar-refractivity contribution is 5.94. The summed E-state index contributed by atoms with van der Waals surface area (Å²) in [6, 6.07) is 15.1. The molecule has 1 aliphatic rings. The van der Waals surface area contributed by atoms with Gasteiger partial charge in [0.1, 0.15) is 11.5 Å². The van der Waals surface area contributed by atoms with Crippen LogP contribution in [0.1, 0.15) is 30.1 Å². The predicted octanol–water partition coefficient (Wildman–Crippen LogP) is 3.41. The molecule has 0 spiro atoms. The second kappa shape index (κ2) is 9.96. The van der Waals surface area contributed by atoms with E-state index in [0.29, 0.717) is 43.9 Å². The molecule has 1 amide bonds. The maximum Gasteiger partial charge on any atom is 0.222 e. The van der Waals surface area contributed by atoms with Gasteiger partial charge in [-0.05, 0) is 49.7 Å². The summed E-state index contributed by atoms with van der Waals surface area (Å²) < 4.78 is 11.1. The van der Waals surface area contributed by atoms with Crippen molar-refractivity contribution in [2.45, 2.75) is 19.8 Å². The molecule has 3 rings (SSSR count). The van der Waals surface area contributed by atoms with Gasteiger partial charge >= 0.3 is 0 Å². The van der Waals surface area contributed by atoms with Gasteiger partial charge in [-0.3, -0.25) is 9.59 Å². The minimum atomic E-state index is 0.0351. The number of carbonyl (C=O) groups is 2. The van der Waals surface area contributed by atoms with Gasteiger partial charge in [0.25, 0.3) is 0 Å². The average molecular weight is 396 g/mol. The van der Waals surface area contributed by atoms with Crippen LogP contribution < -0.4 is 14.4 Å². The van der Waals surface area contributed by atoms with Crippen LogP contribution in [0.4, 0.5) is 5.69 Å². The molecule has 1 fully saturated rings. The molecule has 0 aromatic heterocycles. The molecule has 0 saturated carbocycles. The summed E-state index contributed by atoms with van der Waals surface area (Å²) >= 11 is 0. The lowest BCUT2D eigenvalue weighted by atomic mass is 10.1. The third-order valence-corrected chi connectivity index (χ3v) is 5.12. The fourth-order valence-corrected chi connectivity index (χ4v) is 3.45. The van der Waals surface area contributed by atoms with Crippen molar-refractivity contribution in [1.29, 1.82) is 0 Å². The first-order valence-electron chi connectivity index (χ1n) is 9.98. The van der Waals surface area contributed by atoms with E-state index in [1.54, 1.807) is 31.4 Å². The van der Waals surface area contributed by atoms with Crippen molar-refractivity contribution in [1.82, 2.24) is 4.90 Å². The number of rotatable bonds is 8. The van der Waals surface area contributed by atoms with Crippen LogP contribution in [-0.2, 0) is 4.79 Å². The van der Waals surface area contributed by atoms with Gasteiger partial charge in [-0.2, -0.15) is 0 Å². The molecule has 2 aromatic carbocycles. The first-order chi connectivity index (χ1) is 14.1. The SMILES string of the molecule is COc1ccccc1N1CCN(C(=O)CCCOc2ccc(C(C)=O)cc2)CC1. The second-order valence-corrected chi connectivity index (χ2v) is 7.07. The molecule has 0 unspecified atom stereocenters. The van der Waals surface area contributed by atoms with Crippen LogP contribution in [0.3, 0.4) is 0 Å². The van der Waals surface area contributed by atoms with Crippen molar-refractivity contribution in [2.24, 2.45) is 0 Å². The zero-order chi connectivity index (χ0) is 20.6. The van der Waals surface area contributed by atoms with E-state index in [-0.39, 0.29) is 11.7 Å². The fourth-order valence-electron chi connectivity index (χ4n) is 3.45. The quantitative estimate of drug-likeness (QED) is 0.506. The monoisotopic (exact) mass is 396 g/mol. The van der Waals surface area contributed by atoms with E-state index in [4.69, 9.17) is 9.47 Å². The molecule has 0 atom stereocenters. The number of hydrogen-bond donors (Lipinski definition) is 0. The highest BCUT2D eigenvalue weighted by Gasteiger charge is 2.22. The van der Waals surface area contributed by atoms with Crippen LogP contribution in [0.25, 0.3) is 0 Å². The van der Waals surface area contributed by atoms with Gasteiger partial charge in [-0.1, -0.05) is 12.1 Å². The highest BCUT2D eigenvalue weighted by Crippen LogP contribution is 2.28. The third-order valence-electron chi connectivity index (χ3n) is 5.12. The zero-order valence-electron chi connectivity index (χ0n) is 17.1. The summed E-state index contributed by atoms with van der Waals surface area (Å²) in [6.45, 7) is 5.04. The van der Waals surface area contributed by atoms with E-state index in [2.05, 4.69) is 11.0 Å². The molecule has 1 saturated heterocycles. The maximum atomic E-state index is 12.5. The summed E-state index contributed by atoms with van der Waals surface area (Å²) in [4.78, 5) is 28.0. The Morgan fingerprint density at radius 1 is 0.966 bits per heavy atom. The number of amides is 1. The number of ketones is 1. The van der Waals surface area contributed by atoms with Crippen molar-refractivity contribution in [3.8, 4) is 11.5 Å². The van der Waals surface area contributed by atoms with Crippen LogP contribution in [-0.4, -0.2) is 56.5 Å². The Hall–Kier alpha value is -3.02. The average Bonchev–Trinajstić information content (AvgIpc) is 2.77. The predicted molar refractivity (Wildman–Crippen MR) is 113 cm³/mol. The molecular weight excluding hydrogens is 368 g/mol. The fraction of sp³-hybridized carbons (Fsp3) is 0.391. The second-order valence-electron chi connectivity index (χ2n) is 7.07. The van der Waals surface area contributed by atoms with E-state index >= 15 is 0 Å². The molecule has 0 N–H and O–H groups in total. The molecule has 0 bridgehead atoms. The van der Waals surface area contributed by atoms with Crippen molar-refractivity contribution >= 4 is 17.4 Å². The lowest BCUT2D eigenvalue weighted by Crippen LogP contribution is -2.48. The van der Waals surface area contributed by atoms with Crippen LogP contribution >= 0.6 is 0 Å². The van der Waals surface area contributed by atoms with Gasteiger partial charge in [0.15, 0.2) is 5.78 Å². The van der Waals surface area contributed by atoms with Crippen LogP contribution in [0.5, 0.6) is 11.5 Å². The Labute approximate surface area is 172 Å². The summed E-state index contributed by atoms with van der Waals surface area (Å²) in [7, 11) is 1.68. The first kappa shape index (κ1) is 20.7. The molecular formula is C23H28N2O4. The lowest BCUT2D eigenvalue weighted by molar-refractivity contribution is -0.131. The van der Waals surface area contributed by atoms with Crippen molar-refractivity contribution < 1.29 is 19.1 Å². The molecule has 154 valence electrons. The number of nitrogens with zero attached hydrogens (tertiary/aromatic N) is 2. The van der Waals surface area contributed by atoms with E-state index in [0.717, 1.165) is 24.5 Å². The number of piperazine rings is 1.